The first-order chi connectivity index (χ1) is 9.52. The van der Waals surface area contributed by atoms with E-state index in [0.717, 1.165) is 12.0 Å². The van der Waals surface area contributed by atoms with Crippen LogP contribution in [0.15, 0.2) is 24.3 Å². The molecule has 1 aliphatic rings. The molecule has 0 heterocycles. The van der Waals surface area contributed by atoms with Crippen LogP contribution in [0, 0.1) is 5.92 Å². The molecule has 0 saturated heterocycles. The Balaban J connectivity index is 1.92. The zero-order valence-electron chi connectivity index (χ0n) is 11.4. The van der Waals surface area contributed by atoms with Gasteiger partial charge in [-0.3, -0.25) is 4.79 Å². The van der Waals surface area contributed by atoms with Crippen LogP contribution < -0.4 is 5.32 Å². The second-order valence-corrected chi connectivity index (χ2v) is 5.23. The number of aromatic hydroxyl groups is 1. The van der Waals surface area contributed by atoms with Gasteiger partial charge < -0.3 is 15.5 Å². The molecule has 1 aromatic carbocycles. The van der Waals surface area contributed by atoms with Crippen molar-refractivity contribution in [1.82, 2.24) is 5.32 Å². The van der Waals surface area contributed by atoms with Gasteiger partial charge in [0.1, 0.15) is 11.8 Å². The number of nitrogens with one attached hydrogen (secondary N) is 1. The maximum absolute atomic E-state index is 12.0. The van der Waals surface area contributed by atoms with Gasteiger partial charge in [-0.2, -0.15) is 0 Å². The molecule has 1 amide bonds. The Morgan fingerprint density at radius 3 is 2.55 bits per heavy atom. The minimum absolute atomic E-state index is 0.131. The molecule has 1 aliphatic carbocycles. The molecule has 3 N–H and O–H groups in total. The van der Waals surface area contributed by atoms with E-state index in [1.54, 1.807) is 24.3 Å². The fourth-order valence-electron chi connectivity index (χ4n) is 2.40. The number of phenols is 1. The van der Waals surface area contributed by atoms with Crippen LogP contribution >= 0.6 is 0 Å². The third kappa shape index (κ3) is 3.29. The summed E-state index contributed by atoms with van der Waals surface area (Å²) >= 11 is 0. The van der Waals surface area contributed by atoms with Crippen LogP contribution in [-0.2, 0) is 9.59 Å². The summed E-state index contributed by atoms with van der Waals surface area (Å²) in [5.41, 5.74) is 1.00. The first-order valence-corrected chi connectivity index (χ1v) is 6.85. The van der Waals surface area contributed by atoms with E-state index in [1.807, 2.05) is 6.92 Å². The van der Waals surface area contributed by atoms with Crippen molar-refractivity contribution in [2.24, 2.45) is 5.92 Å². The second kappa shape index (κ2) is 5.94. The number of rotatable bonds is 6. The average Bonchev–Trinajstić information content (AvgIpc) is 3.19. The zero-order chi connectivity index (χ0) is 14.7. The molecule has 0 radical (unpaired) electrons. The van der Waals surface area contributed by atoms with Gasteiger partial charge in [-0.05, 0) is 36.5 Å². The molecule has 5 nitrogen and oxygen atoms in total. The summed E-state index contributed by atoms with van der Waals surface area (Å²) in [5.74, 6) is -1.000. The van der Waals surface area contributed by atoms with Crippen molar-refractivity contribution in [2.75, 3.05) is 0 Å². The molecule has 108 valence electrons. The van der Waals surface area contributed by atoms with E-state index in [-0.39, 0.29) is 23.5 Å². The van der Waals surface area contributed by atoms with Crippen molar-refractivity contribution < 1.29 is 19.8 Å². The number of carboxylic acid groups (broad SMARTS) is 1. The van der Waals surface area contributed by atoms with Crippen molar-refractivity contribution in [1.29, 1.82) is 0 Å². The Morgan fingerprint density at radius 1 is 1.35 bits per heavy atom. The van der Waals surface area contributed by atoms with E-state index in [4.69, 9.17) is 5.11 Å². The summed E-state index contributed by atoms with van der Waals surface area (Å²) in [4.78, 5) is 23.0. The molecular formula is C15H19NO4. The van der Waals surface area contributed by atoms with Gasteiger partial charge in [0.05, 0.1) is 0 Å². The Bertz CT molecular complexity index is 497. The van der Waals surface area contributed by atoms with Crippen molar-refractivity contribution >= 4 is 11.9 Å². The van der Waals surface area contributed by atoms with Crippen molar-refractivity contribution in [2.45, 2.75) is 38.1 Å². The van der Waals surface area contributed by atoms with Crippen molar-refractivity contribution in [3.8, 4) is 5.75 Å². The number of carbonyl (C=O) groups is 2. The molecule has 3 atom stereocenters. The molecule has 0 aromatic heterocycles. The van der Waals surface area contributed by atoms with Crippen LogP contribution in [0.1, 0.15) is 37.7 Å². The Labute approximate surface area is 117 Å². The number of amides is 1. The van der Waals surface area contributed by atoms with E-state index in [9.17, 15) is 14.7 Å². The predicted molar refractivity (Wildman–Crippen MR) is 73.4 cm³/mol. The lowest BCUT2D eigenvalue weighted by Crippen LogP contribution is -2.41. The highest BCUT2D eigenvalue weighted by atomic mass is 16.4. The summed E-state index contributed by atoms with van der Waals surface area (Å²) in [7, 11) is 0. The van der Waals surface area contributed by atoms with E-state index in [0.29, 0.717) is 12.8 Å². The van der Waals surface area contributed by atoms with Crippen LogP contribution in [-0.4, -0.2) is 28.1 Å². The molecule has 1 aromatic rings. The minimum atomic E-state index is -0.984. The average molecular weight is 277 g/mol. The third-order valence-corrected chi connectivity index (χ3v) is 3.64. The molecule has 0 aliphatic heterocycles. The lowest BCUT2D eigenvalue weighted by molar-refractivity contribution is -0.142. The molecule has 2 rings (SSSR count). The maximum atomic E-state index is 12.0. The third-order valence-electron chi connectivity index (χ3n) is 3.64. The predicted octanol–water partition coefficient (Wildman–Crippen LogP) is 1.87. The Kier molecular flexibility index (Phi) is 4.27. The molecule has 3 unspecified atom stereocenters. The summed E-state index contributed by atoms with van der Waals surface area (Å²) < 4.78 is 0. The number of carbonyl (C=O) groups excluding carboxylic acids is 1. The van der Waals surface area contributed by atoms with Gasteiger partial charge >= 0.3 is 5.97 Å². The normalized spacial score (nSPS) is 22.1. The lowest BCUT2D eigenvalue weighted by atomic mass is 10.1. The highest BCUT2D eigenvalue weighted by molar-refractivity contribution is 5.87. The maximum Gasteiger partial charge on any atom is 0.326 e. The van der Waals surface area contributed by atoms with Gasteiger partial charge in [0.25, 0.3) is 0 Å². The van der Waals surface area contributed by atoms with Crippen LogP contribution in [0.2, 0.25) is 0 Å². The summed E-state index contributed by atoms with van der Waals surface area (Å²) in [5, 5.41) is 20.9. The van der Waals surface area contributed by atoms with Crippen LogP contribution in [0.3, 0.4) is 0 Å². The summed E-state index contributed by atoms with van der Waals surface area (Å²) in [6.45, 7) is 1.89. The topological polar surface area (TPSA) is 86.6 Å². The molecule has 5 heteroatoms. The van der Waals surface area contributed by atoms with Gasteiger partial charge in [-0.25, -0.2) is 4.79 Å². The number of carboxylic acids is 1. The molecule has 1 fully saturated rings. The first kappa shape index (κ1) is 14.4. The quantitative estimate of drug-likeness (QED) is 0.740. The number of hydrogen-bond acceptors (Lipinski definition) is 3. The number of aliphatic carboxylic acids is 1. The van der Waals surface area contributed by atoms with Gasteiger partial charge in [0.2, 0.25) is 5.91 Å². The van der Waals surface area contributed by atoms with Crippen LogP contribution in [0.5, 0.6) is 5.75 Å². The fourth-order valence-corrected chi connectivity index (χ4v) is 2.40. The largest absolute Gasteiger partial charge is 0.508 e. The molecular weight excluding hydrogens is 258 g/mol. The van der Waals surface area contributed by atoms with E-state index >= 15 is 0 Å². The zero-order valence-corrected chi connectivity index (χ0v) is 11.4. The van der Waals surface area contributed by atoms with Crippen LogP contribution in [0.4, 0.5) is 0 Å². The lowest BCUT2D eigenvalue weighted by Gasteiger charge is -2.13. The van der Waals surface area contributed by atoms with E-state index < -0.39 is 12.0 Å². The number of benzene rings is 1. The molecule has 0 spiro atoms. The first-order valence-electron chi connectivity index (χ1n) is 6.85. The highest BCUT2D eigenvalue weighted by Gasteiger charge is 2.44. The number of phenolic OH excluding ortho intramolecular Hbond substituents is 1. The summed E-state index contributed by atoms with van der Waals surface area (Å²) in [6, 6.07) is 6.00. The highest BCUT2D eigenvalue weighted by Crippen LogP contribution is 2.47. The Morgan fingerprint density at radius 2 is 2.00 bits per heavy atom. The smallest absolute Gasteiger partial charge is 0.326 e. The standard InChI is InChI=1S/C15H19NO4/c1-2-3-13(15(19)20)16-14(18)12-8-11(12)9-4-6-10(17)7-5-9/h4-7,11-13,17H,2-3,8H2,1H3,(H,16,18)(H,19,20). The second-order valence-electron chi connectivity index (χ2n) is 5.23. The van der Waals surface area contributed by atoms with Gasteiger partial charge in [-0.1, -0.05) is 25.5 Å². The molecule has 20 heavy (non-hydrogen) atoms. The van der Waals surface area contributed by atoms with Crippen LogP contribution in [0.25, 0.3) is 0 Å². The van der Waals surface area contributed by atoms with E-state index in [2.05, 4.69) is 5.32 Å². The van der Waals surface area contributed by atoms with Crippen molar-refractivity contribution in [3.05, 3.63) is 29.8 Å². The van der Waals surface area contributed by atoms with Gasteiger partial charge in [0.15, 0.2) is 0 Å². The van der Waals surface area contributed by atoms with E-state index in [1.165, 1.54) is 0 Å². The van der Waals surface area contributed by atoms with Gasteiger partial charge in [-0.15, -0.1) is 0 Å². The van der Waals surface area contributed by atoms with Crippen molar-refractivity contribution in [3.63, 3.8) is 0 Å². The Hall–Kier alpha value is -2.04. The SMILES string of the molecule is CCCC(NC(=O)C1CC1c1ccc(O)cc1)C(=O)O. The van der Waals surface area contributed by atoms with Gasteiger partial charge in [0, 0.05) is 5.92 Å². The number of hydrogen-bond donors (Lipinski definition) is 3. The minimum Gasteiger partial charge on any atom is -0.508 e. The molecule has 1 saturated carbocycles. The molecule has 0 bridgehead atoms. The fraction of sp³-hybridized carbons (Fsp3) is 0.467. The summed E-state index contributed by atoms with van der Waals surface area (Å²) in [6.07, 6.45) is 1.88. The monoisotopic (exact) mass is 277 g/mol.